The van der Waals surface area contributed by atoms with E-state index in [1.165, 1.54) is 13.4 Å². The molecular formula is C21H24ClN7O2. The zero-order chi connectivity index (χ0) is 21.6. The lowest BCUT2D eigenvalue weighted by atomic mass is 10.1. The van der Waals surface area contributed by atoms with Gasteiger partial charge in [0, 0.05) is 23.3 Å². The zero-order valence-electron chi connectivity index (χ0n) is 17.2. The molecule has 2 aromatic heterocycles. The highest BCUT2D eigenvalue weighted by Gasteiger charge is 2.20. The first-order valence-corrected chi connectivity index (χ1v) is 10.5. The van der Waals surface area contributed by atoms with Gasteiger partial charge in [0.15, 0.2) is 5.82 Å². The first-order chi connectivity index (χ1) is 15.1. The monoisotopic (exact) mass is 441 g/mol. The van der Waals surface area contributed by atoms with E-state index >= 15 is 0 Å². The van der Waals surface area contributed by atoms with Crippen LogP contribution < -0.4 is 10.6 Å². The molecule has 0 spiro atoms. The van der Waals surface area contributed by atoms with Crippen LogP contribution in [0.2, 0.25) is 5.02 Å². The number of benzene rings is 1. The van der Waals surface area contributed by atoms with Gasteiger partial charge < -0.3 is 15.4 Å². The highest BCUT2D eigenvalue weighted by Crippen LogP contribution is 2.24. The molecule has 9 nitrogen and oxygen atoms in total. The first-order valence-electron chi connectivity index (χ1n) is 10.2. The molecule has 0 aliphatic carbocycles. The molecule has 1 aliphatic rings. The van der Waals surface area contributed by atoms with Crippen LogP contribution >= 0.6 is 11.6 Å². The van der Waals surface area contributed by atoms with Crippen molar-refractivity contribution in [3.63, 3.8) is 0 Å². The number of carbonyl (C=O) groups excluding carboxylic acids is 1. The standard InChI is InChI=1S/C21H24ClN7O2/c1-31-18(30)12-29-8-3-6-15(7-9-29)27-21-23-11-17-19(28-21)20(25-13-24-17)26-16-5-2-4-14(22)10-16/h2,4-5,10-11,13,15H,3,6-9,12H2,1H3,(H,23,27,28)(H,24,25,26). The van der Waals surface area contributed by atoms with Crippen LogP contribution in [0, 0.1) is 0 Å². The van der Waals surface area contributed by atoms with Gasteiger partial charge in [0.25, 0.3) is 0 Å². The van der Waals surface area contributed by atoms with E-state index in [4.69, 9.17) is 16.3 Å². The fourth-order valence-electron chi connectivity index (χ4n) is 3.61. The number of fused-ring (bicyclic) bond motifs is 1. The maximum absolute atomic E-state index is 11.5. The van der Waals surface area contributed by atoms with Crippen molar-refractivity contribution in [2.24, 2.45) is 0 Å². The summed E-state index contributed by atoms with van der Waals surface area (Å²) >= 11 is 6.09. The van der Waals surface area contributed by atoms with Crippen LogP contribution in [-0.4, -0.2) is 63.6 Å². The van der Waals surface area contributed by atoms with Gasteiger partial charge in [-0.25, -0.2) is 19.9 Å². The summed E-state index contributed by atoms with van der Waals surface area (Å²) in [5.74, 6) is 0.912. The third-order valence-corrected chi connectivity index (χ3v) is 5.43. The summed E-state index contributed by atoms with van der Waals surface area (Å²) in [4.78, 5) is 31.4. The van der Waals surface area contributed by atoms with Crippen LogP contribution in [0.15, 0.2) is 36.8 Å². The summed E-state index contributed by atoms with van der Waals surface area (Å²) in [5, 5.41) is 7.32. The van der Waals surface area contributed by atoms with E-state index in [0.29, 0.717) is 34.4 Å². The summed E-state index contributed by atoms with van der Waals surface area (Å²) in [6.07, 6.45) is 6.00. The van der Waals surface area contributed by atoms with Gasteiger partial charge in [-0.3, -0.25) is 9.69 Å². The van der Waals surface area contributed by atoms with E-state index < -0.39 is 0 Å². The van der Waals surface area contributed by atoms with Gasteiger partial charge in [-0.2, -0.15) is 0 Å². The molecule has 1 aliphatic heterocycles. The number of hydrogen-bond acceptors (Lipinski definition) is 9. The Morgan fingerprint density at radius 2 is 2.16 bits per heavy atom. The van der Waals surface area contributed by atoms with Crippen molar-refractivity contribution >= 4 is 46.1 Å². The Hall–Kier alpha value is -3.04. The molecule has 0 bridgehead atoms. The Morgan fingerprint density at radius 1 is 1.26 bits per heavy atom. The first kappa shape index (κ1) is 21.2. The smallest absolute Gasteiger partial charge is 0.319 e. The molecule has 1 atom stereocenters. The lowest BCUT2D eigenvalue weighted by Gasteiger charge is -2.19. The Bertz CT molecular complexity index is 1060. The minimum absolute atomic E-state index is 0.205. The Labute approximate surface area is 185 Å². The predicted octanol–water partition coefficient (Wildman–Crippen LogP) is 3.26. The maximum Gasteiger partial charge on any atom is 0.319 e. The minimum Gasteiger partial charge on any atom is -0.468 e. The van der Waals surface area contributed by atoms with E-state index in [1.807, 2.05) is 24.3 Å². The van der Waals surface area contributed by atoms with Gasteiger partial charge in [-0.05, 0) is 44.0 Å². The zero-order valence-corrected chi connectivity index (χ0v) is 18.0. The molecule has 10 heteroatoms. The third kappa shape index (κ3) is 5.56. The van der Waals surface area contributed by atoms with Gasteiger partial charge in [0.1, 0.15) is 17.4 Å². The van der Waals surface area contributed by atoms with E-state index in [2.05, 4.69) is 35.5 Å². The number of rotatable bonds is 6. The number of anilines is 3. The highest BCUT2D eigenvalue weighted by atomic mass is 35.5. The summed E-state index contributed by atoms with van der Waals surface area (Å²) in [5.41, 5.74) is 2.09. The molecule has 0 saturated carbocycles. The number of esters is 1. The molecule has 31 heavy (non-hydrogen) atoms. The molecule has 4 rings (SSSR count). The van der Waals surface area contributed by atoms with Crippen LogP contribution in [0.1, 0.15) is 19.3 Å². The third-order valence-electron chi connectivity index (χ3n) is 5.20. The average Bonchev–Trinajstić information content (AvgIpc) is 2.99. The molecule has 2 N–H and O–H groups in total. The highest BCUT2D eigenvalue weighted by molar-refractivity contribution is 6.30. The molecule has 3 heterocycles. The Balaban J connectivity index is 1.48. The number of ether oxygens (including phenoxy) is 1. The molecule has 1 unspecified atom stereocenters. The molecule has 1 aromatic carbocycles. The summed E-state index contributed by atoms with van der Waals surface area (Å²) in [6, 6.07) is 7.63. The Morgan fingerprint density at radius 3 is 3.00 bits per heavy atom. The Kier molecular flexibility index (Phi) is 6.73. The summed E-state index contributed by atoms with van der Waals surface area (Å²) in [6.45, 7) is 2.00. The second kappa shape index (κ2) is 9.84. The van der Waals surface area contributed by atoms with Crippen molar-refractivity contribution < 1.29 is 9.53 Å². The predicted molar refractivity (Wildman–Crippen MR) is 120 cm³/mol. The number of nitrogens with zero attached hydrogens (tertiary/aromatic N) is 5. The maximum atomic E-state index is 11.5. The second-order valence-electron chi connectivity index (χ2n) is 7.41. The van der Waals surface area contributed by atoms with Gasteiger partial charge in [-0.15, -0.1) is 0 Å². The van der Waals surface area contributed by atoms with Crippen LogP contribution in [0.4, 0.5) is 17.5 Å². The van der Waals surface area contributed by atoms with Crippen LogP contribution in [0.25, 0.3) is 11.0 Å². The van der Waals surface area contributed by atoms with Crippen molar-refractivity contribution in [1.82, 2.24) is 24.8 Å². The normalized spacial score (nSPS) is 17.2. The molecule has 162 valence electrons. The van der Waals surface area contributed by atoms with E-state index in [9.17, 15) is 4.79 Å². The number of methoxy groups -OCH3 is 1. The number of carbonyl (C=O) groups is 1. The largest absolute Gasteiger partial charge is 0.468 e. The van der Waals surface area contributed by atoms with E-state index in [0.717, 1.165) is 38.0 Å². The fourth-order valence-corrected chi connectivity index (χ4v) is 3.80. The number of hydrogen-bond donors (Lipinski definition) is 2. The van der Waals surface area contributed by atoms with Crippen molar-refractivity contribution in [2.75, 3.05) is 37.4 Å². The molecule has 1 saturated heterocycles. The topological polar surface area (TPSA) is 105 Å². The fraction of sp³-hybridized carbons (Fsp3) is 0.381. The minimum atomic E-state index is -0.205. The number of likely N-dealkylation sites (tertiary alicyclic amines) is 1. The van der Waals surface area contributed by atoms with Gasteiger partial charge in [0.05, 0.1) is 19.9 Å². The SMILES string of the molecule is COC(=O)CN1CCCC(Nc2ncc3ncnc(Nc4cccc(Cl)c4)c3n2)CC1. The van der Waals surface area contributed by atoms with Gasteiger partial charge in [-0.1, -0.05) is 17.7 Å². The van der Waals surface area contributed by atoms with Crippen molar-refractivity contribution in [1.29, 1.82) is 0 Å². The van der Waals surface area contributed by atoms with Crippen LogP contribution in [0.5, 0.6) is 0 Å². The second-order valence-corrected chi connectivity index (χ2v) is 7.85. The van der Waals surface area contributed by atoms with Crippen molar-refractivity contribution in [3.05, 3.63) is 41.8 Å². The number of aromatic nitrogens is 4. The number of halogens is 1. The lowest BCUT2D eigenvalue weighted by molar-refractivity contribution is -0.141. The molecule has 3 aromatic rings. The quantitative estimate of drug-likeness (QED) is 0.557. The van der Waals surface area contributed by atoms with E-state index in [1.54, 1.807) is 6.20 Å². The van der Waals surface area contributed by atoms with Crippen LogP contribution in [-0.2, 0) is 9.53 Å². The van der Waals surface area contributed by atoms with Gasteiger partial charge in [0.2, 0.25) is 5.95 Å². The van der Waals surface area contributed by atoms with Crippen LogP contribution in [0.3, 0.4) is 0 Å². The summed E-state index contributed by atoms with van der Waals surface area (Å²) < 4.78 is 4.78. The summed E-state index contributed by atoms with van der Waals surface area (Å²) in [7, 11) is 1.42. The van der Waals surface area contributed by atoms with E-state index in [-0.39, 0.29) is 12.0 Å². The lowest BCUT2D eigenvalue weighted by Crippen LogP contribution is -2.32. The van der Waals surface area contributed by atoms with Crippen molar-refractivity contribution in [2.45, 2.75) is 25.3 Å². The molecule has 0 radical (unpaired) electrons. The van der Waals surface area contributed by atoms with Crippen molar-refractivity contribution in [3.8, 4) is 0 Å². The molecular weight excluding hydrogens is 418 g/mol. The molecule has 0 amide bonds. The number of nitrogens with one attached hydrogen (secondary N) is 2. The van der Waals surface area contributed by atoms with Gasteiger partial charge >= 0.3 is 5.97 Å². The average molecular weight is 442 g/mol. The molecule has 1 fully saturated rings.